The third kappa shape index (κ3) is 5.03. The van der Waals surface area contributed by atoms with Gasteiger partial charge in [0, 0.05) is 17.5 Å². The molecule has 1 aromatic heterocycles. The van der Waals surface area contributed by atoms with Crippen molar-refractivity contribution in [2.45, 2.75) is 59.3 Å². The minimum absolute atomic E-state index is 0.0587. The summed E-state index contributed by atoms with van der Waals surface area (Å²) in [7, 11) is 1.46. The monoisotopic (exact) mass is 385 g/mol. The number of rotatable bonds is 3. The normalized spacial score (nSPS) is 18.8. The molecule has 0 radical (unpaired) electrons. The van der Waals surface area contributed by atoms with E-state index in [9.17, 15) is 4.79 Å². The van der Waals surface area contributed by atoms with Crippen LogP contribution in [0.5, 0.6) is 0 Å². The highest BCUT2D eigenvalue weighted by molar-refractivity contribution is 7.14. The molecule has 3 nitrogen and oxygen atoms in total. The lowest BCUT2D eigenvalue weighted by Crippen LogP contribution is -2.29. The summed E-state index contributed by atoms with van der Waals surface area (Å²) in [6.07, 6.45) is 7.50. The van der Waals surface area contributed by atoms with E-state index in [1.165, 1.54) is 61.7 Å². The van der Waals surface area contributed by atoms with Crippen molar-refractivity contribution in [3.05, 3.63) is 27.0 Å². The molecule has 4 heteroatoms. The fourth-order valence-electron chi connectivity index (χ4n) is 4.02. The van der Waals surface area contributed by atoms with Gasteiger partial charge in [-0.3, -0.25) is 0 Å². The average molecular weight is 386 g/mol. The maximum Gasteiger partial charge on any atom is 0.348 e. The molecule has 0 atom stereocenters. The molecule has 1 fully saturated rings. The number of methoxy groups -OCH3 is 1. The van der Waals surface area contributed by atoms with Crippen molar-refractivity contribution >= 4 is 22.9 Å². The first kappa shape index (κ1) is 20.2. The lowest BCUT2D eigenvalue weighted by Gasteiger charge is -2.30. The molecule has 2 heterocycles. The van der Waals surface area contributed by atoms with Gasteiger partial charge in [-0.1, -0.05) is 31.1 Å². The first-order valence-electron chi connectivity index (χ1n) is 10.1. The van der Waals surface area contributed by atoms with Gasteiger partial charge in [0.25, 0.3) is 0 Å². The van der Waals surface area contributed by atoms with E-state index in [1.54, 1.807) is 0 Å². The van der Waals surface area contributed by atoms with Gasteiger partial charge in [-0.2, -0.15) is 0 Å². The van der Waals surface area contributed by atoms with Crippen molar-refractivity contribution in [2.75, 3.05) is 20.2 Å². The number of carbonyl (C=O) groups excluding carboxylic acids is 1. The summed E-state index contributed by atoms with van der Waals surface area (Å²) in [5.41, 5.74) is 3.88. The zero-order chi connectivity index (χ0) is 19.4. The third-order valence-corrected chi connectivity index (χ3v) is 6.37. The standard InChI is InChI=1S/C23H31NO2S/c1-23(2,3)12-10-17-14-19(21(27-17)22(25)26-4)18-11-13-24-15-20(18)16-8-6-5-7-9-16/h14,16,24H,5-9,11,13,15H2,1-4H3. The van der Waals surface area contributed by atoms with Crippen molar-refractivity contribution in [1.82, 2.24) is 5.32 Å². The van der Waals surface area contributed by atoms with Crippen molar-refractivity contribution in [1.29, 1.82) is 0 Å². The van der Waals surface area contributed by atoms with Gasteiger partial charge < -0.3 is 10.1 Å². The minimum atomic E-state index is -0.243. The van der Waals surface area contributed by atoms with Crippen LogP contribution in [-0.2, 0) is 4.74 Å². The zero-order valence-electron chi connectivity index (χ0n) is 17.0. The smallest absolute Gasteiger partial charge is 0.348 e. The van der Waals surface area contributed by atoms with Gasteiger partial charge in [0.15, 0.2) is 0 Å². The summed E-state index contributed by atoms with van der Waals surface area (Å²) < 4.78 is 5.09. The maximum absolute atomic E-state index is 12.5. The van der Waals surface area contributed by atoms with Gasteiger partial charge in [-0.25, -0.2) is 4.79 Å². The van der Waals surface area contributed by atoms with Crippen LogP contribution in [0.25, 0.3) is 5.57 Å². The molecule has 27 heavy (non-hydrogen) atoms. The lowest BCUT2D eigenvalue weighted by atomic mass is 9.78. The molecule has 146 valence electrons. The lowest BCUT2D eigenvalue weighted by molar-refractivity contribution is 0.0606. The van der Waals surface area contributed by atoms with Gasteiger partial charge in [-0.15, -0.1) is 11.3 Å². The summed E-state index contributed by atoms with van der Waals surface area (Å²) in [5, 5.41) is 3.55. The second-order valence-corrected chi connectivity index (χ2v) is 9.66. The Morgan fingerprint density at radius 1 is 1.26 bits per heavy atom. The van der Waals surface area contributed by atoms with Crippen LogP contribution in [0.1, 0.15) is 79.4 Å². The number of nitrogens with one attached hydrogen (secondary N) is 1. The second-order valence-electron chi connectivity index (χ2n) is 8.61. The summed E-state index contributed by atoms with van der Waals surface area (Å²) in [6, 6.07) is 2.12. The second kappa shape index (κ2) is 8.63. The molecule has 2 aliphatic rings. The van der Waals surface area contributed by atoms with E-state index < -0.39 is 0 Å². The topological polar surface area (TPSA) is 38.3 Å². The molecule has 3 rings (SSSR count). The van der Waals surface area contributed by atoms with Crippen LogP contribution in [-0.4, -0.2) is 26.2 Å². The van der Waals surface area contributed by atoms with Crippen molar-refractivity contribution in [3.8, 4) is 11.8 Å². The molecule has 0 spiro atoms. The summed E-state index contributed by atoms with van der Waals surface area (Å²) >= 11 is 1.47. The van der Waals surface area contributed by atoms with Crippen LogP contribution in [0.4, 0.5) is 0 Å². The zero-order valence-corrected chi connectivity index (χ0v) is 17.9. The summed E-state index contributed by atoms with van der Waals surface area (Å²) in [5.74, 6) is 6.98. The molecule has 0 aromatic carbocycles. The van der Waals surface area contributed by atoms with Gasteiger partial charge in [0.2, 0.25) is 0 Å². The number of hydrogen-bond donors (Lipinski definition) is 1. The van der Waals surface area contributed by atoms with Crippen LogP contribution >= 0.6 is 11.3 Å². The van der Waals surface area contributed by atoms with E-state index in [0.29, 0.717) is 10.8 Å². The number of carbonyl (C=O) groups is 1. The Kier molecular flexibility index (Phi) is 6.44. The molecule has 1 N–H and O–H groups in total. The fraction of sp³-hybridized carbons (Fsp3) is 0.609. The Morgan fingerprint density at radius 2 is 2.00 bits per heavy atom. The predicted molar refractivity (Wildman–Crippen MR) is 113 cm³/mol. The molecule has 0 saturated heterocycles. The Hall–Kier alpha value is -1.57. The Labute approximate surface area is 167 Å². The van der Waals surface area contributed by atoms with Crippen LogP contribution in [0.3, 0.4) is 0 Å². The Morgan fingerprint density at radius 3 is 2.67 bits per heavy atom. The van der Waals surface area contributed by atoms with Gasteiger partial charge in [0.1, 0.15) is 4.88 Å². The number of hydrogen-bond acceptors (Lipinski definition) is 4. The van der Waals surface area contributed by atoms with E-state index in [4.69, 9.17) is 4.74 Å². The van der Waals surface area contributed by atoms with Gasteiger partial charge in [-0.05, 0) is 69.7 Å². The fourth-order valence-corrected chi connectivity index (χ4v) is 4.98. The van der Waals surface area contributed by atoms with Crippen molar-refractivity contribution in [3.63, 3.8) is 0 Å². The summed E-state index contributed by atoms with van der Waals surface area (Å²) in [6.45, 7) is 8.22. The van der Waals surface area contributed by atoms with Crippen LogP contribution < -0.4 is 5.32 Å². The Balaban J connectivity index is 2.06. The van der Waals surface area contributed by atoms with Gasteiger partial charge in [0.05, 0.1) is 12.0 Å². The number of ether oxygens (including phenoxy) is 1. The highest BCUT2D eigenvalue weighted by Crippen LogP contribution is 2.39. The molecule has 1 saturated carbocycles. The van der Waals surface area contributed by atoms with E-state index in [-0.39, 0.29) is 11.4 Å². The first-order chi connectivity index (χ1) is 12.9. The predicted octanol–water partition coefficient (Wildman–Crippen LogP) is 5.26. The maximum atomic E-state index is 12.5. The van der Waals surface area contributed by atoms with E-state index in [2.05, 4.69) is 44.0 Å². The number of esters is 1. The minimum Gasteiger partial charge on any atom is -0.465 e. The first-order valence-corrected chi connectivity index (χ1v) is 10.9. The Bertz CT molecular complexity index is 780. The van der Waals surface area contributed by atoms with E-state index in [1.807, 2.05) is 0 Å². The molecule has 1 aliphatic carbocycles. The average Bonchev–Trinajstić information content (AvgIpc) is 3.10. The molecule has 0 bridgehead atoms. The van der Waals surface area contributed by atoms with Gasteiger partial charge >= 0.3 is 5.97 Å². The molecule has 1 aliphatic heterocycles. The SMILES string of the molecule is COC(=O)c1sc(C#CC(C)(C)C)cc1C1=C(C2CCCCC2)CNCC1. The molecular formula is C23H31NO2S. The van der Waals surface area contributed by atoms with Crippen molar-refractivity contribution < 1.29 is 9.53 Å². The van der Waals surface area contributed by atoms with E-state index >= 15 is 0 Å². The summed E-state index contributed by atoms with van der Waals surface area (Å²) in [4.78, 5) is 14.1. The highest BCUT2D eigenvalue weighted by Gasteiger charge is 2.27. The van der Waals surface area contributed by atoms with Crippen LogP contribution in [0.2, 0.25) is 0 Å². The van der Waals surface area contributed by atoms with Crippen LogP contribution in [0, 0.1) is 23.2 Å². The quantitative estimate of drug-likeness (QED) is 0.570. The molecular weight excluding hydrogens is 354 g/mol. The highest BCUT2D eigenvalue weighted by atomic mass is 32.1. The molecule has 0 unspecified atom stereocenters. The molecule has 1 aromatic rings. The van der Waals surface area contributed by atoms with Crippen molar-refractivity contribution in [2.24, 2.45) is 11.3 Å². The van der Waals surface area contributed by atoms with Crippen LogP contribution in [0.15, 0.2) is 11.6 Å². The molecule has 0 amide bonds. The number of thiophene rings is 1. The largest absolute Gasteiger partial charge is 0.465 e. The third-order valence-electron chi connectivity index (χ3n) is 5.34. The van der Waals surface area contributed by atoms with E-state index in [0.717, 1.165) is 30.0 Å².